The number of aliphatic hydroxyl groups is 1. The van der Waals surface area contributed by atoms with Crippen LogP contribution in [0.25, 0.3) is 0 Å². The highest BCUT2D eigenvalue weighted by molar-refractivity contribution is 5.19. The Bertz CT molecular complexity index is 229. The third-order valence-electron chi connectivity index (χ3n) is 1.30. The normalized spacial score (nSPS) is 14.0. The SMILES string of the molecule is C=C/C=C\C(=C/C=C)OCNC(C)O. The van der Waals surface area contributed by atoms with Gasteiger partial charge >= 0.3 is 0 Å². The molecule has 14 heavy (non-hydrogen) atoms. The van der Waals surface area contributed by atoms with Crippen LogP contribution in [0.1, 0.15) is 6.92 Å². The summed E-state index contributed by atoms with van der Waals surface area (Å²) in [4.78, 5) is 0. The monoisotopic (exact) mass is 195 g/mol. The number of aliphatic hydroxyl groups excluding tert-OH is 1. The zero-order valence-electron chi connectivity index (χ0n) is 8.44. The zero-order valence-corrected chi connectivity index (χ0v) is 8.44. The molecule has 1 atom stereocenters. The Morgan fingerprint density at radius 1 is 1.50 bits per heavy atom. The van der Waals surface area contributed by atoms with Gasteiger partial charge in [0.2, 0.25) is 0 Å². The van der Waals surface area contributed by atoms with Gasteiger partial charge in [0, 0.05) is 0 Å². The van der Waals surface area contributed by atoms with Crippen LogP contribution in [-0.2, 0) is 4.74 Å². The largest absolute Gasteiger partial charge is 0.478 e. The first-order valence-electron chi connectivity index (χ1n) is 4.36. The molecular weight excluding hydrogens is 178 g/mol. The summed E-state index contributed by atoms with van der Waals surface area (Å²) in [5, 5.41) is 11.6. The standard InChI is InChI=1S/C11H17NO2/c1-4-6-8-11(7-5-2)14-9-12-10(3)13/h4-8,10,12-13H,1-2,9H2,3H3/b8-6-,11-7+. The first-order valence-corrected chi connectivity index (χ1v) is 4.36. The van der Waals surface area contributed by atoms with Crippen molar-refractivity contribution >= 4 is 0 Å². The van der Waals surface area contributed by atoms with Gasteiger partial charge in [-0.15, -0.1) is 0 Å². The van der Waals surface area contributed by atoms with Crippen molar-refractivity contribution in [3.05, 3.63) is 49.3 Å². The number of hydrogen-bond donors (Lipinski definition) is 2. The molecule has 0 saturated carbocycles. The molecule has 0 fully saturated rings. The van der Waals surface area contributed by atoms with Crippen LogP contribution in [0.5, 0.6) is 0 Å². The maximum atomic E-state index is 8.91. The van der Waals surface area contributed by atoms with Crippen molar-refractivity contribution in [3.63, 3.8) is 0 Å². The summed E-state index contributed by atoms with van der Waals surface area (Å²) in [6.07, 6.45) is 7.95. The van der Waals surface area contributed by atoms with E-state index in [-0.39, 0.29) is 6.73 Å². The van der Waals surface area contributed by atoms with Crippen LogP contribution in [0, 0.1) is 0 Å². The molecule has 0 aromatic heterocycles. The van der Waals surface area contributed by atoms with E-state index in [1.807, 2.05) is 0 Å². The van der Waals surface area contributed by atoms with E-state index in [2.05, 4.69) is 18.5 Å². The summed E-state index contributed by atoms with van der Waals surface area (Å²) in [7, 11) is 0. The molecule has 0 rings (SSSR count). The van der Waals surface area contributed by atoms with Gasteiger partial charge in [-0.2, -0.15) is 0 Å². The lowest BCUT2D eigenvalue weighted by molar-refractivity contribution is 0.0972. The van der Waals surface area contributed by atoms with Crippen LogP contribution >= 0.6 is 0 Å². The molecule has 0 radical (unpaired) electrons. The Hall–Kier alpha value is -1.32. The Labute approximate surface area is 85.1 Å². The molecular formula is C11H17NO2. The van der Waals surface area contributed by atoms with Crippen LogP contribution in [0.3, 0.4) is 0 Å². The van der Waals surface area contributed by atoms with E-state index in [0.717, 1.165) is 0 Å². The van der Waals surface area contributed by atoms with E-state index in [1.54, 1.807) is 37.3 Å². The maximum Gasteiger partial charge on any atom is 0.141 e. The number of ether oxygens (including phenoxy) is 1. The molecule has 0 amide bonds. The van der Waals surface area contributed by atoms with Crippen molar-refractivity contribution in [2.75, 3.05) is 6.73 Å². The minimum atomic E-state index is -0.580. The Morgan fingerprint density at radius 3 is 2.71 bits per heavy atom. The quantitative estimate of drug-likeness (QED) is 0.369. The van der Waals surface area contributed by atoms with Gasteiger partial charge in [0.25, 0.3) is 0 Å². The van der Waals surface area contributed by atoms with E-state index >= 15 is 0 Å². The van der Waals surface area contributed by atoms with Crippen molar-refractivity contribution in [1.82, 2.24) is 5.32 Å². The molecule has 1 unspecified atom stereocenters. The third kappa shape index (κ3) is 7.34. The summed E-state index contributed by atoms with van der Waals surface area (Å²) in [6.45, 7) is 8.99. The predicted octanol–water partition coefficient (Wildman–Crippen LogP) is 1.70. The van der Waals surface area contributed by atoms with Gasteiger partial charge in [-0.05, 0) is 19.1 Å². The van der Waals surface area contributed by atoms with Crippen LogP contribution in [0.2, 0.25) is 0 Å². The molecule has 2 N–H and O–H groups in total. The van der Waals surface area contributed by atoms with Gasteiger partial charge in [-0.25, -0.2) is 0 Å². The van der Waals surface area contributed by atoms with Gasteiger partial charge < -0.3 is 9.84 Å². The average molecular weight is 195 g/mol. The minimum Gasteiger partial charge on any atom is -0.478 e. The Balaban J connectivity index is 3.98. The second-order valence-corrected chi connectivity index (χ2v) is 2.57. The second kappa shape index (κ2) is 8.29. The van der Waals surface area contributed by atoms with E-state index in [4.69, 9.17) is 9.84 Å². The average Bonchev–Trinajstić information content (AvgIpc) is 2.13. The molecule has 0 aliphatic heterocycles. The smallest absolute Gasteiger partial charge is 0.141 e. The van der Waals surface area contributed by atoms with E-state index in [0.29, 0.717) is 5.76 Å². The molecule has 78 valence electrons. The van der Waals surface area contributed by atoms with E-state index < -0.39 is 6.23 Å². The van der Waals surface area contributed by atoms with Crippen molar-refractivity contribution in [2.45, 2.75) is 13.2 Å². The molecule has 0 bridgehead atoms. The Morgan fingerprint density at radius 2 is 2.21 bits per heavy atom. The highest BCUT2D eigenvalue weighted by Gasteiger charge is 1.94. The first-order chi connectivity index (χ1) is 6.70. The van der Waals surface area contributed by atoms with Gasteiger partial charge in [-0.3, -0.25) is 5.32 Å². The summed E-state index contributed by atoms with van der Waals surface area (Å²) in [6, 6.07) is 0. The summed E-state index contributed by atoms with van der Waals surface area (Å²) in [5.41, 5.74) is 0. The van der Waals surface area contributed by atoms with Crippen molar-refractivity contribution < 1.29 is 9.84 Å². The van der Waals surface area contributed by atoms with E-state index in [9.17, 15) is 0 Å². The third-order valence-corrected chi connectivity index (χ3v) is 1.30. The van der Waals surface area contributed by atoms with Gasteiger partial charge in [0.15, 0.2) is 0 Å². The maximum absolute atomic E-state index is 8.91. The van der Waals surface area contributed by atoms with Crippen molar-refractivity contribution in [3.8, 4) is 0 Å². The molecule has 0 aromatic rings. The number of allylic oxidation sites excluding steroid dienone is 5. The Kier molecular flexibility index (Phi) is 7.50. The fourth-order valence-electron chi connectivity index (χ4n) is 0.676. The lowest BCUT2D eigenvalue weighted by Gasteiger charge is -2.09. The number of rotatable bonds is 7. The molecule has 0 saturated heterocycles. The minimum absolute atomic E-state index is 0.249. The molecule has 0 spiro atoms. The van der Waals surface area contributed by atoms with E-state index in [1.165, 1.54) is 0 Å². The van der Waals surface area contributed by atoms with Crippen molar-refractivity contribution in [1.29, 1.82) is 0 Å². The number of hydrogen-bond acceptors (Lipinski definition) is 3. The molecule has 0 aromatic carbocycles. The highest BCUT2D eigenvalue weighted by Crippen LogP contribution is 1.99. The molecule has 3 heteroatoms. The summed E-state index contributed by atoms with van der Waals surface area (Å²) in [5.74, 6) is 0.660. The first kappa shape index (κ1) is 12.7. The lowest BCUT2D eigenvalue weighted by atomic mass is 10.4. The fourth-order valence-corrected chi connectivity index (χ4v) is 0.676. The van der Waals surface area contributed by atoms with Gasteiger partial charge in [0.05, 0.1) is 0 Å². The van der Waals surface area contributed by atoms with Crippen LogP contribution in [-0.4, -0.2) is 18.1 Å². The van der Waals surface area contributed by atoms with Crippen LogP contribution < -0.4 is 5.32 Å². The molecule has 0 aliphatic carbocycles. The highest BCUT2D eigenvalue weighted by atomic mass is 16.5. The van der Waals surface area contributed by atoms with Crippen LogP contribution in [0.4, 0.5) is 0 Å². The summed E-state index contributed by atoms with van der Waals surface area (Å²) >= 11 is 0. The van der Waals surface area contributed by atoms with Gasteiger partial charge in [-0.1, -0.05) is 31.4 Å². The zero-order chi connectivity index (χ0) is 10.8. The van der Waals surface area contributed by atoms with Gasteiger partial charge in [0.1, 0.15) is 18.7 Å². The second-order valence-electron chi connectivity index (χ2n) is 2.57. The lowest BCUT2D eigenvalue weighted by Crippen LogP contribution is -2.27. The predicted molar refractivity (Wildman–Crippen MR) is 58.4 cm³/mol. The molecule has 0 aliphatic rings. The molecule has 3 nitrogen and oxygen atoms in total. The van der Waals surface area contributed by atoms with Crippen molar-refractivity contribution in [2.24, 2.45) is 0 Å². The fraction of sp³-hybridized carbons (Fsp3) is 0.273. The summed E-state index contributed by atoms with van der Waals surface area (Å²) < 4.78 is 5.28. The topological polar surface area (TPSA) is 41.5 Å². The number of nitrogens with one attached hydrogen (secondary N) is 1. The molecule has 0 heterocycles. The van der Waals surface area contributed by atoms with Crippen LogP contribution in [0.15, 0.2) is 49.3 Å².